The second kappa shape index (κ2) is 5.41. The standard InChI is InChI=1S/C14H16BrNO/c1-11-6-7-12(2)16(11)8-9-17-14-5-3-4-13(15)10-14/h3-7,10H,8-9H2,1-2H3. The summed E-state index contributed by atoms with van der Waals surface area (Å²) in [7, 11) is 0. The number of ether oxygens (including phenoxy) is 1. The van der Waals surface area contributed by atoms with Crippen molar-refractivity contribution in [2.75, 3.05) is 6.61 Å². The van der Waals surface area contributed by atoms with Gasteiger partial charge in [-0.1, -0.05) is 22.0 Å². The molecule has 2 nitrogen and oxygen atoms in total. The van der Waals surface area contributed by atoms with Gasteiger partial charge < -0.3 is 9.30 Å². The van der Waals surface area contributed by atoms with Crippen LogP contribution in [0.15, 0.2) is 40.9 Å². The SMILES string of the molecule is Cc1ccc(C)n1CCOc1cccc(Br)c1. The zero-order valence-corrected chi connectivity index (χ0v) is 11.7. The molecule has 90 valence electrons. The van der Waals surface area contributed by atoms with Crippen LogP contribution in [0.2, 0.25) is 0 Å². The third-order valence-electron chi connectivity index (χ3n) is 2.80. The van der Waals surface area contributed by atoms with Crippen LogP contribution < -0.4 is 4.74 Å². The highest BCUT2D eigenvalue weighted by atomic mass is 79.9. The van der Waals surface area contributed by atoms with E-state index in [0.29, 0.717) is 6.61 Å². The van der Waals surface area contributed by atoms with Gasteiger partial charge in [-0.3, -0.25) is 0 Å². The monoisotopic (exact) mass is 293 g/mol. The number of aromatic nitrogens is 1. The van der Waals surface area contributed by atoms with Crippen molar-refractivity contribution in [2.45, 2.75) is 20.4 Å². The van der Waals surface area contributed by atoms with Gasteiger partial charge in [0, 0.05) is 15.9 Å². The van der Waals surface area contributed by atoms with Crippen LogP contribution in [-0.4, -0.2) is 11.2 Å². The number of nitrogens with zero attached hydrogens (tertiary/aromatic N) is 1. The van der Waals surface area contributed by atoms with Crippen molar-refractivity contribution in [3.63, 3.8) is 0 Å². The Labute approximate surface area is 110 Å². The van der Waals surface area contributed by atoms with Gasteiger partial charge in [-0.15, -0.1) is 0 Å². The topological polar surface area (TPSA) is 14.2 Å². The van der Waals surface area contributed by atoms with Crippen molar-refractivity contribution in [1.82, 2.24) is 4.57 Å². The Balaban J connectivity index is 1.92. The maximum atomic E-state index is 5.72. The molecule has 0 amide bonds. The molecule has 3 heteroatoms. The van der Waals surface area contributed by atoms with E-state index in [0.717, 1.165) is 16.8 Å². The molecule has 0 aliphatic heterocycles. The average molecular weight is 294 g/mol. The number of hydrogen-bond acceptors (Lipinski definition) is 1. The van der Waals surface area contributed by atoms with Crippen molar-refractivity contribution in [2.24, 2.45) is 0 Å². The van der Waals surface area contributed by atoms with Crippen LogP contribution in [0.1, 0.15) is 11.4 Å². The van der Waals surface area contributed by atoms with E-state index >= 15 is 0 Å². The third-order valence-corrected chi connectivity index (χ3v) is 3.29. The van der Waals surface area contributed by atoms with E-state index in [1.807, 2.05) is 24.3 Å². The van der Waals surface area contributed by atoms with Gasteiger partial charge in [0.2, 0.25) is 0 Å². The lowest BCUT2D eigenvalue weighted by molar-refractivity contribution is 0.296. The molecule has 0 fully saturated rings. The molecule has 0 saturated carbocycles. The van der Waals surface area contributed by atoms with Crippen molar-refractivity contribution in [1.29, 1.82) is 0 Å². The largest absolute Gasteiger partial charge is 0.492 e. The molecule has 0 atom stereocenters. The molecular formula is C14H16BrNO. The van der Waals surface area contributed by atoms with Gasteiger partial charge in [-0.25, -0.2) is 0 Å². The first-order valence-corrected chi connectivity index (χ1v) is 6.47. The molecule has 0 N–H and O–H groups in total. The lowest BCUT2D eigenvalue weighted by Crippen LogP contribution is -2.10. The second-order valence-electron chi connectivity index (χ2n) is 4.07. The van der Waals surface area contributed by atoms with Crippen molar-refractivity contribution in [3.05, 3.63) is 52.3 Å². The minimum atomic E-state index is 0.687. The molecular weight excluding hydrogens is 278 g/mol. The Bertz CT molecular complexity index is 485. The molecule has 2 aromatic rings. The lowest BCUT2D eigenvalue weighted by Gasteiger charge is -2.11. The van der Waals surface area contributed by atoms with Gasteiger partial charge in [0.05, 0.1) is 6.54 Å². The predicted octanol–water partition coefficient (Wildman–Crippen LogP) is 3.95. The van der Waals surface area contributed by atoms with Crippen LogP contribution in [0.3, 0.4) is 0 Å². The summed E-state index contributed by atoms with van der Waals surface area (Å²) in [6, 6.07) is 12.2. The summed E-state index contributed by atoms with van der Waals surface area (Å²) in [4.78, 5) is 0. The zero-order valence-electron chi connectivity index (χ0n) is 10.1. The minimum Gasteiger partial charge on any atom is -0.492 e. The molecule has 0 unspecified atom stereocenters. The number of hydrogen-bond donors (Lipinski definition) is 0. The second-order valence-corrected chi connectivity index (χ2v) is 4.99. The molecule has 0 radical (unpaired) electrons. The Hall–Kier alpha value is -1.22. The molecule has 0 saturated heterocycles. The molecule has 0 aliphatic carbocycles. The van der Waals surface area contributed by atoms with Crippen LogP contribution in [-0.2, 0) is 6.54 Å². The highest BCUT2D eigenvalue weighted by Gasteiger charge is 2.01. The summed E-state index contributed by atoms with van der Waals surface area (Å²) in [6.45, 7) is 5.81. The predicted molar refractivity (Wildman–Crippen MR) is 73.5 cm³/mol. The molecule has 1 heterocycles. The van der Waals surface area contributed by atoms with E-state index in [9.17, 15) is 0 Å². The molecule has 0 aliphatic rings. The van der Waals surface area contributed by atoms with Crippen LogP contribution >= 0.6 is 15.9 Å². The minimum absolute atomic E-state index is 0.687. The maximum absolute atomic E-state index is 5.72. The van der Waals surface area contributed by atoms with E-state index in [1.54, 1.807) is 0 Å². The number of halogens is 1. The summed E-state index contributed by atoms with van der Waals surface area (Å²) in [5.41, 5.74) is 2.56. The van der Waals surface area contributed by atoms with Gasteiger partial charge >= 0.3 is 0 Å². The number of benzene rings is 1. The Kier molecular flexibility index (Phi) is 3.89. The van der Waals surface area contributed by atoms with Gasteiger partial charge in [0.25, 0.3) is 0 Å². The van der Waals surface area contributed by atoms with Crippen LogP contribution in [0, 0.1) is 13.8 Å². The molecule has 1 aromatic carbocycles. The van der Waals surface area contributed by atoms with Crippen molar-refractivity contribution >= 4 is 15.9 Å². The summed E-state index contributed by atoms with van der Waals surface area (Å²) in [6.07, 6.45) is 0. The highest BCUT2D eigenvalue weighted by Crippen LogP contribution is 2.17. The van der Waals surface area contributed by atoms with Gasteiger partial charge in [0.15, 0.2) is 0 Å². The fraction of sp³-hybridized carbons (Fsp3) is 0.286. The van der Waals surface area contributed by atoms with Crippen LogP contribution in [0.5, 0.6) is 5.75 Å². The quantitative estimate of drug-likeness (QED) is 0.833. The molecule has 0 bridgehead atoms. The van der Waals surface area contributed by atoms with Crippen LogP contribution in [0.4, 0.5) is 0 Å². The van der Waals surface area contributed by atoms with Crippen LogP contribution in [0.25, 0.3) is 0 Å². The smallest absolute Gasteiger partial charge is 0.120 e. The van der Waals surface area contributed by atoms with Crippen molar-refractivity contribution < 1.29 is 4.74 Å². The molecule has 2 rings (SSSR count). The Morgan fingerprint density at radius 1 is 1.12 bits per heavy atom. The number of aryl methyl sites for hydroxylation is 2. The summed E-state index contributed by atoms with van der Waals surface area (Å²) in [5, 5.41) is 0. The first-order valence-electron chi connectivity index (χ1n) is 5.68. The Morgan fingerprint density at radius 3 is 2.47 bits per heavy atom. The normalized spacial score (nSPS) is 10.5. The molecule has 17 heavy (non-hydrogen) atoms. The van der Waals surface area contributed by atoms with E-state index in [2.05, 4.69) is 46.5 Å². The van der Waals surface area contributed by atoms with Gasteiger partial charge in [-0.2, -0.15) is 0 Å². The first-order chi connectivity index (χ1) is 8.16. The summed E-state index contributed by atoms with van der Waals surface area (Å²) >= 11 is 3.43. The van der Waals surface area contributed by atoms with Gasteiger partial charge in [-0.05, 0) is 44.2 Å². The van der Waals surface area contributed by atoms with E-state index in [1.165, 1.54) is 11.4 Å². The average Bonchev–Trinajstić information content (AvgIpc) is 2.61. The molecule has 1 aromatic heterocycles. The third kappa shape index (κ3) is 3.13. The lowest BCUT2D eigenvalue weighted by atomic mass is 10.3. The van der Waals surface area contributed by atoms with E-state index < -0.39 is 0 Å². The fourth-order valence-electron chi connectivity index (χ4n) is 1.86. The zero-order chi connectivity index (χ0) is 12.3. The maximum Gasteiger partial charge on any atom is 0.120 e. The Morgan fingerprint density at radius 2 is 1.82 bits per heavy atom. The first kappa shape index (κ1) is 12.2. The highest BCUT2D eigenvalue weighted by molar-refractivity contribution is 9.10. The summed E-state index contributed by atoms with van der Waals surface area (Å²) < 4.78 is 9.03. The van der Waals surface area contributed by atoms with E-state index in [4.69, 9.17) is 4.74 Å². The van der Waals surface area contributed by atoms with E-state index in [-0.39, 0.29) is 0 Å². The fourth-order valence-corrected chi connectivity index (χ4v) is 2.24. The molecule has 0 spiro atoms. The van der Waals surface area contributed by atoms with Gasteiger partial charge in [0.1, 0.15) is 12.4 Å². The summed E-state index contributed by atoms with van der Waals surface area (Å²) in [5.74, 6) is 0.904. The number of rotatable bonds is 4. The van der Waals surface area contributed by atoms with Crippen molar-refractivity contribution in [3.8, 4) is 5.75 Å².